The average molecular weight is 497 g/mol. The molecule has 1 saturated heterocycles. The van der Waals surface area contributed by atoms with E-state index in [1.54, 1.807) is 4.90 Å². The molecule has 1 heterocycles. The van der Waals surface area contributed by atoms with Crippen LogP contribution < -0.4 is 4.74 Å². The van der Waals surface area contributed by atoms with E-state index >= 15 is 0 Å². The Hall–Kier alpha value is -3.32. The first-order chi connectivity index (χ1) is 17.3. The average Bonchev–Trinajstić information content (AvgIpc) is 2.89. The molecule has 1 aliphatic heterocycles. The highest BCUT2D eigenvalue weighted by atomic mass is 19.4. The molecule has 4 rings (SSSR count). The maximum Gasteiger partial charge on any atom is 0.416 e. The number of hydrogen-bond donors (Lipinski definition) is 0. The third-order valence-electron chi connectivity index (χ3n) is 6.53. The zero-order valence-electron chi connectivity index (χ0n) is 20.4. The van der Waals surface area contributed by atoms with Crippen molar-refractivity contribution in [1.82, 2.24) is 9.80 Å². The summed E-state index contributed by atoms with van der Waals surface area (Å²) in [6, 6.07) is 22.4. The molecular weight excluding hydrogens is 465 g/mol. The molecule has 36 heavy (non-hydrogen) atoms. The number of hydrogen-bond acceptors (Lipinski definition) is 3. The van der Waals surface area contributed by atoms with Crippen LogP contribution in [0.15, 0.2) is 78.9 Å². The van der Waals surface area contributed by atoms with Gasteiger partial charge in [0.15, 0.2) is 0 Å². The van der Waals surface area contributed by atoms with E-state index in [1.165, 1.54) is 17.7 Å². The minimum Gasteiger partial charge on any atom is -0.494 e. The lowest BCUT2D eigenvalue weighted by molar-refractivity contribution is -0.137. The van der Waals surface area contributed by atoms with Crippen LogP contribution in [0.4, 0.5) is 13.2 Å². The van der Waals surface area contributed by atoms with E-state index < -0.39 is 11.7 Å². The zero-order valence-corrected chi connectivity index (χ0v) is 20.4. The molecule has 1 amide bonds. The molecule has 3 aromatic rings. The van der Waals surface area contributed by atoms with Gasteiger partial charge in [0.2, 0.25) is 0 Å². The largest absolute Gasteiger partial charge is 0.494 e. The molecule has 0 atom stereocenters. The van der Waals surface area contributed by atoms with Gasteiger partial charge in [0, 0.05) is 37.8 Å². The Morgan fingerprint density at radius 3 is 2.28 bits per heavy atom. The number of halogens is 3. The Balaban J connectivity index is 1.52. The molecule has 0 aromatic heterocycles. The first kappa shape index (κ1) is 25.8. The number of nitrogens with zero attached hydrogens (tertiary/aromatic N) is 2. The molecule has 0 unspecified atom stereocenters. The SMILES string of the molecule is CCOc1ccc(CN(C(=O)c2cccc(C(F)(F)F)c2)C2CCN(Cc3ccccc3)CC2)cc1. The number of likely N-dealkylation sites (tertiary alicyclic amines) is 1. The van der Waals surface area contributed by atoms with Crippen molar-refractivity contribution in [1.29, 1.82) is 0 Å². The highest BCUT2D eigenvalue weighted by Crippen LogP contribution is 2.31. The van der Waals surface area contributed by atoms with Crippen LogP contribution in [0, 0.1) is 0 Å². The van der Waals surface area contributed by atoms with Gasteiger partial charge in [0.05, 0.1) is 12.2 Å². The van der Waals surface area contributed by atoms with Crippen LogP contribution in [0.3, 0.4) is 0 Å². The molecule has 0 spiro atoms. The number of rotatable bonds is 8. The first-order valence-corrected chi connectivity index (χ1v) is 12.3. The Morgan fingerprint density at radius 1 is 0.944 bits per heavy atom. The number of benzene rings is 3. The summed E-state index contributed by atoms with van der Waals surface area (Å²) in [5, 5.41) is 0. The summed E-state index contributed by atoms with van der Waals surface area (Å²) in [5.74, 6) is 0.364. The van der Waals surface area contributed by atoms with E-state index in [4.69, 9.17) is 4.74 Å². The van der Waals surface area contributed by atoms with Gasteiger partial charge in [-0.15, -0.1) is 0 Å². The van der Waals surface area contributed by atoms with Gasteiger partial charge in [-0.2, -0.15) is 13.2 Å². The summed E-state index contributed by atoms with van der Waals surface area (Å²) in [6.45, 7) is 5.26. The van der Waals surface area contributed by atoms with Gasteiger partial charge in [0.25, 0.3) is 5.91 Å². The first-order valence-electron chi connectivity index (χ1n) is 12.3. The van der Waals surface area contributed by atoms with Crippen molar-refractivity contribution in [2.45, 2.75) is 45.1 Å². The Bertz CT molecular complexity index is 1130. The van der Waals surface area contributed by atoms with Crippen LogP contribution in [0.25, 0.3) is 0 Å². The second kappa shape index (κ2) is 11.6. The standard InChI is InChI=1S/C29H31F3N2O2/c1-2-36-27-13-11-23(12-14-27)21-34(28(35)24-9-6-10-25(19-24)29(30,31)32)26-15-17-33(18-16-26)20-22-7-4-3-5-8-22/h3-14,19,26H,2,15-18,20-21H2,1H3. The summed E-state index contributed by atoms with van der Waals surface area (Å²) in [6.07, 6.45) is -2.98. The molecule has 0 aliphatic carbocycles. The third-order valence-corrected chi connectivity index (χ3v) is 6.53. The van der Waals surface area contributed by atoms with Gasteiger partial charge >= 0.3 is 6.18 Å². The fraction of sp³-hybridized carbons (Fsp3) is 0.345. The van der Waals surface area contributed by atoms with E-state index in [9.17, 15) is 18.0 Å². The van der Waals surface area contributed by atoms with Crippen LogP contribution in [-0.4, -0.2) is 41.4 Å². The summed E-state index contributed by atoms with van der Waals surface area (Å²) in [7, 11) is 0. The second-order valence-electron chi connectivity index (χ2n) is 9.08. The fourth-order valence-corrected chi connectivity index (χ4v) is 4.65. The number of carbonyl (C=O) groups excluding carboxylic acids is 1. The van der Waals surface area contributed by atoms with Gasteiger partial charge in [-0.05, 0) is 61.2 Å². The van der Waals surface area contributed by atoms with Crippen LogP contribution in [0.2, 0.25) is 0 Å². The van der Waals surface area contributed by atoms with Crippen molar-refractivity contribution in [2.24, 2.45) is 0 Å². The van der Waals surface area contributed by atoms with Crippen molar-refractivity contribution < 1.29 is 22.7 Å². The number of piperidine rings is 1. The normalized spacial score (nSPS) is 15.0. The number of carbonyl (C=O) groups is 1. The van der Waals surface area contributed by atoms with E-state index in [2.05, 4.69) is 17.0 Å². The predicted octanol–water partition coefficient (Wildman–Crippen LogP) is 6.41. The predicted molar refractivity (Wildman–Crippen MR) is 134 cm³/mol. The zero-order chi connectivity index (χ0) is 25.5. The minimum absolute atomic E-state index is 0.0578. The maximum absolute atomic E-state index is 13.6. The minimum atomic E-state index is -4.50. The molecule has 0 N–H and O–H groups in total. The number of alkyl halides is 3. The maximum atomic E-state index is 13.6. The number of ether oxygens (including phenoxy) is 1. The van der Waals surface area contributed by atoms with Gasteiger partial charge < -0.3 is 9.64 Å². The molecule has 190 valence electrons. The monoisotopic (exact) mass is 496 g/mol. The van der Waals surface area contributed by atoms with E-state index in [-0.39, 0.29) is 17.5 Å². The Kier molecular flexibility index (Phi) is 8.31. The lowest BCUT2D eigenvalue weighted by atomic mass is 9.99. The summed E-state index contributed by atoms with van der Waals surface area (Å²) < 4.78 is 45.5. The highest BCUT2D eigenvalue weighted by molar-refractivity contribution is 5.94. The van der Waals surface area contributed by atoms with Crippen molar-refractivity contribution in [2.75, 3.05) is 19.7 Å². The van der Waals surface area contributed by atoms with Crippen molar-refractivity contribution >= 4 is 5.91 Å². The molecule has 3 aromatic carbocycles. The van der Waals surface area contributed by atoms with E-state index in [1.807, 2.05) is 49.4 Å². The third kappa shape index (κ3) is 6.66. The van der Waals surface area contributed by atoms with Crippen molar-refractivity contribution in [3.63, 3.8) is 0 Å². The van der Waals surface area contributed by atoms with Crippen molar-refractivity contribution in [3.05, 3.63) is 101 Å². The second-order valence-corrected chi connectivity index (χ2v) is 9.08. The van der Waals surface area contributed by atoms with E-state index in [0.717, 1.165) is 55.9 Å². The van der Waals surface area contributed by atoms with Crippen molar-refractivity contribution in [3.8, 4) is 5.75 Å². The summed E-state index contributed by atoms with van der Waals surface area (Å²) in [4.78, 5) is 17.7. The lowest BCUT2D eigenvalue weighted by Gasteiger charge is -2.39. The van der Waals surface area contributed by atoms with Crippen LogP contribution >= 0.6 is 0 Å². The van der Waals surface area contributed by atoms with Crippen LogP contribution in [0.1, 0.15) is 46.8 Å². The molecule has 0 bridgehead atoms. The van der Waals surface area contributed by atoms with Crippen LogP contribution in [-0.2, 0) is 19.3 Å². The Morgan fingerprint density at radius 2 is 1.64 bits per heavy atom. The van der Waals surface area contributed by atoms with Crippen LogP contribution in [0.5, 0.6) is 5.75 Å². The van der Waals surface area contributed by atoms with Gasteiger partial charge in [-0.3, -0.25) is 9.69 Å². The lowest BCUT2D eigenvalue weighted by Crippen LogP contribution is -2.47. The summed E-state index contributed by atoms with van der Waals surface area (Å²) in [5.41, 5.74) is 1.39. The van der Waals surface area contributed by atoms with E-state index in [0.29, 0.717) is 13.2 Å². The highest BCUT2D eigenvalue weighted by Gasteiger charge is 2.33. The van der Waals surface area contributed by atoms with Gasteiger partial charge in [0.1, 0.15) is 5.75 Å². The topological polar surface area (TPSA) is 32.8 Å². The van der Waals surface area contributed by atoms with Gasteiger partial charge in [-0.1, -0.05) is 48.5 Å². The number of amides is 1. The molecule has 0 saturated carbocycles. The molecule has 7 heteroatoms. The molecule has 4 nitrogen and oxygen atoms in total. The quantitative estimate of drug-likeness (QED) is 0.361. The molecule has 1 aliphatic rings. The van der Waals surface area contributed by atoms with Gasteiger partial charge in [-0.25, -0.2) is 0 Å². The molecule has 0 radical (unpaired) electrons. The Labute approximate surface area is 210 Å². The molecule has 1 fully saturated rings. The molecular formula is C29H31F3N2O2. The summed E-state index contributed by atoms with van der Waals surface area (Å²) >= 11 is 0. The smallest absolute Gasteiger partial charge is 0.416 e. The fourth-order valence-electron chi connectivity index (χ4n) is 4.65.